The zero-order valence-corrected chi connectivity index (χ0v) is 20.9. The van der Waals surface area contributed by atoms with Crippen molar-refractivity contribution in [2.75, 3.05) is 13.6 Å². The monoisotopic (exact) mass is 508 g/mol. The molecule has 3 amide bonds. The first-order valence-electron chi connectivity index (χ1n) is 10.1. The highest BCUT2D eigenvalue weighted by atomic mass is 35.5. The molecule has 1 fully saturated rings. The number of thiazole rings is 1. The van der Waals surface area contributed by atoms with Gasteiger partial charge in [-0.15, -0.1) is 22.7 Å². The molecule has 10 heteroatoms. The van der Waals surface area contributed by atoms with Crippen molar-refractivity contribution in [2.24, 2.45) is 0 Å². The molecule has 1 N–H and O–H groups in total. The maximum Gasteiger partial charge on any atom is 0.318 e. The molecule has 2 aromatic heterocycles. The molecule has 6 nitrogen and oxygen atoms in total. The summed E-state index contributed by atoms with van der Waals surface area (Å²) in [5.74, 6) is 0. The fraction of sp³-hybridized carbons (Fsp3) is 0.318. The van der Waals surface area contributed by atoms with Crippen molar-refractivity contribution in [3.05, 3.63) is 63.4 Å². The smallest absolute Gasteiger partial charge is 0.318 e. The second-order valence-electron chi connectivity index (χ2n) is 7.24. The second kappa shape index (κ2) is 12.2. The predicted molar refractivity (Wildman–Crippen MR) is 135 cm³/mol. The number of amides is 3. The number of carbonyl (C=O) groups excluding carboxylic acids is 2. The van der Waals surface area contributed by atoms with Crippen molar-refractivity contribution in [1.29, 1.82) is 0 Å². The third-order valence-corrected chi connectivity index (χ3v) is 7.43. The van der Waals surface area contributed by atoms with Crippen LogP contribution in [0, 0.1) is 0 Å². The van der Waals surface area contributed by atoms with Gasteiger partial charge in [-0.2, -0.15) is 12.6 Å². The standard InChI is InChI=1S/C13H15N3OS3.C9H10ClNO/c17-13(16-5-1-4-11(16)18)14-7-9-8-20-12(15-9)10-3-2-6-19-10;1-11(7-12)6-8-2-4-9(10)5-3-8/h2-3,6,8,11,18H,1,4-5,7H2,(H,14,17);2-5,7H,6H2,1H3. The molecular formula is C22H25ClN4O2S3. The van der Waals surface area contributed by atoms with E-state index in [0.717, 1.165) is 42.1 Å². The summed E-state index contributed by atoms with van der Waals surface area (Å²) in [6.45, 7) is 1.88. The Kier molecular flexibility index (Phi) is 9.40. The molecule has 0 saturated carbocycles. The molecule has 3 heterocycles. The number of benzene rings is 1. The summed E-state index contributed by atoms with van der Waals surface area (Å²) in [5, 5.41) is 8.73. The quantitative estimate of drug-likeness (QED) is 0.348. The number of hydrogen-bond acceptors (Lipinski definition) is 6. The zero-order chi connectivity index (χ0) is 22.9. The van der Waals surface area contributed by atoms with Crippen molar-refractivity contribution in [3.63, 3.8) is 0 Å². The van der Waals surface area contributed by atoms with Crippen LogP contribution in [0.15, 0.2) is 47.2 Å². The van der Waals surface area contributed by atoms with Crippen LogP contribution in [0.4, 0.5) is 4.79 Å². The molecule has 0 bridgehead atoms. The molecule has 3 aromatic rings. The van der Waals surface area contributed by atoms with Gasteiger partial charge in [0.1, 0.15) is 5.01 Å². The van der Waals surface area contributed by atoms with Gasteiger partial charge in [0, 0.05) is 30.5 Å². The minimum absolute atomic E-state index is 0.0480. The first-order chi connectivity index (χ1) is 15.5. The van der Waals surface area contributed by atoms with Crippen LogP contribution in [0.1, 0.15) is 24.1 Å². The number of halogens is 1. The van der Waals surface area contributed by atoms with Crippen molar-refractivity contribution < 1.29 is 9.59 Å². The lowest BCUT2D eigenvalue weighted by molar-refractivity contribution is -0.117. The number of aromatic nitrogens is 1. The topological polar surface area (TPSA) is 65.5 Å². The number of carbonyl (C=O) groups is 2. The Morgan fingerprint density at radius 1 is 1.34 bits per heavy atom. The van der Waals surface area contributed by atoms with E-state index >= 15 is 0 Å². The van der Waals surface area contributed by atoms with Gasteiger partial charge in [-0.25, -0.2) is 9.78 Å². The van der Waals surface area contributed by atoms with Gasteiger partial charge < -0.3 is 15.1 Å². The lowest BCUT2D eigenvalue weighted by atomic mass is 10.2. The van der Waals surface area contributed by atoms with Crippen LogP contribution in [0.25, 0.3) is 9.88 Å². The molecule has 1 atom stereocenters. The molecular weight excluding hydrogens is 484 g/mol. The summed E-state index contributed by atoms with van der Waals surface area (Å²) in [6, 6.07) is 11.5. The average molecular weight is 509 g/mol. The van der Waals surface area contributed by atoms with Crippen LogP contribution in [0.5, 0.6) is 0 Å². The maximum absolute atomic E-state index is 12.0. The number of hydrogen-bond donors (Lipinski definition) is 2. The summed E-state index contributed by atoms with van der Waals surface area (Å²) < 4.78 is 0. The molecule has 1 unspecified atom stereocenters. The van der Waals surface area contributed by atoms with E-state index in [2.05, 4.69) is 29.0 Å². The third kappa shape index (κ3) is 7.23. The minimum atomic E-state index is -0.0480. The molecule has 1 aromatic carbocycles. The Morgan fingerprint density at radius 2 is 2.12 bits per heavy atom. The van der Waals surface area contributed by atoms with E-state index in [-0.39, 0.29) is 11.4 Å². The fourth-order valence-corrected chi connectivity index (χ4v) is 5.23. The maximum atomic E-state index is 12.0. The van der Waals surface area contributed by atoms with E-state index < -0.39 is 0 Å². The van der Waals surface area contributed by atoms with Crippen LogP contribution in [0.3, 0.4) is 0 Å². The highest BCUT2D eigenvalue weighted by molar-refractivity contribution is 7.80. The van der Waals surface area contributed by atoms with E-state index in [9.17, 15) is 9.59 Å². The van der Waals surface area contributed by atoms with Gasteiger partial charge in [0.25, 0.3) is 0 Å². The van der Waals surface area contributed by atoms with Gasteiger partial charge in [0.05, 0.1) is 22.5 Å². The number of nitrogens with zero attached hydrogens (tertiary/aromatic N) is 3. The number of rotatable bonds is 6. The first kappa shape index (κ1) is 24.6. The fourth-order valence-electron chi connectivity index (χ4n) is 3.07. The SMILES string of the molecule is CN(C=O)Cc1ccc(Cl)cc1.O=C(NCc1csc(-c2cccs2)n1)N1CCCC1S. The lowest BCUT2D eigenvalue weighted by Gasteiger charge is -2.20. The molecule has 0 aliphatic carbocycles. The molecule has 0 radical (unpaired) electrons. The summed E-state index contributed by atoms with van der Waals surface area (Å²) in [7, 11) is 1.74. The third-order valence-electron chi connectivity index (χ3n) is 4.71. The lowest BCUT2D eigenvalue weighted by Crippen LogP contribution is -2.40. The normalized spacial score (nSPS) is 15.1. The molecule has 170 valence electrons. The number of thiol groups is 1. The molecule has 1 saturated heterocycles. The zero-order valence-electron chi connectivity index (χ0n) is 17.6. The van der Waals surface area contributed by atoms with Gasteiger partial charge in [-0.1, -0.05) is 29.8 Å². The number of likely N-dealkylation sites (tertiary alicyclic amines) is 1. The predicted octanol–water partition coefficient (Wildman–Crippen LogP) is 5.36. The Balaban J connectivity index is 0.000000207. The van der Waals surface area contributed by atoms with Gasteiger partial charge in [0.2, 0.25) is 6.41 Å². The van der Waals surface area contributed by atoms with Crippen molar-refractivity contribution >= 4 is 59.3 Å². The first-order valence-corrected chi connectivity index (χ1v) is 12.7. The van der Waals surface area contributed by atoms with Crippen LogP contribution in [-0.4, -0.2) is 46.2 Å². The van der Waals surface area contributed by atoms with E-state index in [4.69, 9.17) is 11.6 Å². The number of nitrogens with one attached hydrogen (secondary N) is 1. The molecule has 1 aliphatic heterocycles. The second-order valence-corrected chi connectivity index (χ2v) is 10.1. The summed E-state index contributed by atoms with van der Waals surface area (Å²) >= 11 is 13.4. The van der Waals surface area contributed by atoms with E-state index in [0.29, 0.717) is 18.1 Å². The Hall–Kier alpha value is -2.07. The van der Waals surface area contributed by atoms with Gasteiger partial charge in [0.15, 0.2) is 0 Å². The summed E-state index contributed by atoms with van der Waals surface area (Å²) in [5.41, 5.74) is 1.98. The Labute approximate surface area is 206 Å². The number of urea groups is 1. The molecule has 0 spiro atoms. The van der Waals surface area contributed by atoms with Gasteiger partial charge in [-0.3, -0.25) is 4.79 Å². The van der Waals surface area contributed by atoms with Gasteiger partial charge in [-0.05, 0) is 42.0 Å². The molecule has 1 aliphatic rings. The largest absolute Gasteiger partial charge is 0.344 e. The molecule has 32 heavy (non-hydrogen) atoms. The summed E-state index contributed by atoms with van der Waals surface area (Å²) in [6.07, 6.45) is 2.80. The van der Waals surface area contributed by atoms with Gasteiger partial charge >= 0.3 is 6.03 Å². The van der Waals surface area contributed by atoms with Crippen LogP contribution < -0.4 is 5.32 Å². The van der Waals surface area contributed by atoms with Crippen LogP contribution >= 0.6 is 46.9 Å². The Morgan fingerprint density at radius 3 is 2.75 bits per heavy atom. The van der Waals surface area contributed by atoms with E-state index in [1.165, 1.54) is 4.88 Å². The van der Waals surface area contributed by atoms with Crippen molar-refractivity contribution in [1.82, 2.24) is 20.1 Å². The molecule has 4 rings (SSSR count). The van der Waals surface area contributed by atoms with E-state index in [1.54, 1.807) is 39.5 Å². The summed E-state index contributed by atoms with van der Waals surface area (Å²) in [4.78, 5) is 31.3. The van der Waals surface area contributed by atoms with Crippen LogP contribution in [-0.2, 0) is 17.9 Å². The number of thiophene rings is 1. The van der Waals surface area contributed by atoms with E-state index in [1.807, 2.05) is 41.1 Å². The average Bonchev–Trinajstić information content (AvgIpc) is 3.55. The van der Waals surface area contributed by atoms with Crippen molar-refractivity contribution in [2.45, 2.75) is 31.3 Å². The highest BCUT2D eigenvalue weighted by Crippen LogP contribution is 2.27. The highest BCUT2D eigenvalue weighted by Gasteiger charge is 2.25. The Bertz CT molecular complexity index is 995. The minimum Gasteiger partial charge on any atom is -0.344 e. The van der Waals surface area contributed by atoms with Crippen molar-refractivity contribution in [3.8, 4) is 9.88 Å². The van der Waals surface area contributed by atoms with Crippen LogP contribution in [0.2, 0.25) is 5.02 Å².